The second kappa shape index (κ2) is 13.0. The number of anilines is 2. The molecule has 0 fully saturated rings. The van der Waals surface area contributed by atoms with Crippen LogP contribution in [-0.2, 0) is 22.4 Å². The molecule has 3 aromatic carbocycles. The molecule has 216 valence electrons. The molecule has 0 saturated heterocycles. The number of methoxy groups -OCH3 is 1. The Morgan fingerprint density at radius 3 is 2.14 bits per heavy atom. The number of rotatable bonds is 9. The molecule has 1 aliphatic heterocycles. The fourth-order valence-corrected chi connectivity index (χ4v) is 5.86. The van der Waals surface area contributed by atoms with Crippen LogP contribution >= 0.6 is 0 Å². The van der Waals surface area contributed by atoms with E-state index in [2.05, 4.69) is 30.3 Å². The normalized spacial score (nSPS) is 13.7. The van der Waals surface area contributed by atoms with Crippen LogP contribution < -0.4 is 4.90 Å². The molecule has 0 bridgehead atoms. The molecule has 43 heavy (non-hydrogen) atoms. The molecule has 1 unspecified atom stereocenters. The number of nitrogens with zero attached hydrogens (tertiary/aromatic N) is 1. The first-order valence-corrected chi connectivity index (χ1v) is 14.9. The van der Waals surface area contributed by atoms with Gasteiger partial charge in [0.2, 0.25) is 11.8 Å². The van der Waals surface area contributed by atoms with Crippen molar-refractivity contribution in [3.8, 4) is 11.3 Å². The molecule has 0 saturated carbocycles. The Labute approximate surface area is 252 Å². The maximum atomic E-state index is 14.6. The summed E-state index contributed by atoms with van der Waals surface area (Å²) >= 11 is 0. The Morgan fingerprint density at radius 1 is 0.767 bits per heavy atom. The molecule has 5 heteroatoms. The van der Waals surface area contributed by atoms with Gasteiger partial charge in [-0.1, -0.05) is 72.8 Å². The molecule has 2 aliphatic carbocycles. The van der Waals surface area contributed by atoms with Crippen LogP contribution in [-0.4, -0.2) is 19.0 Å². The molecule has 0 spiro atoms. The van der Waals surface area contributed by atoms with Crippen LogP contribution in [0.5, 0.6) is 0 Å². The average Bonchev–Trinajstić information content (AvgIpc) is 3.54. The fraction of sp³-hybridized carbons (Fsp3) is 0.211. The van der Waals surface area contributed by atoms with Gasteiger partial charge in [0.25, 0.3) is 0 Å². The summed E-state index contributed by atoms with van der Waals surface area (Å²) in [6, 6.07) is 35.3. The first-order chi connectivity index (χ1) is 21.1. The Hall–Kier alpha value is -4.90. The SMILES string of the molecule is COC(=O)c1ccc(CC(Cc2ccc(C3=CCCCC3)cc2)C(=O)N(c2ccccc2)c2ccc3cccc-3o2)cc1. The maximum absolute atomic E-state index is 14.6. The predicted molar refractivity (Wildman–Crippen MR) is 170 cm³/mol. The standard InChI is InChI=1S/C38H35NO4/c1-42-38(41)32-21-17-28(18-22-32)26-33(25-27-15-19-30(20-16-27)29-9-4-2-5-10-29)37(40)39(34-12-6-3-7-13-34)36-24-23-31-11-8-14-35(31)43-36/h3,6-9,11-24,33H,2,4-5,10,25-26H2,1H3. The quantitative estimate of drug-likeness (QED) is 0.166. The predicted octanol–water partition coefficient (Wildman–Crippen LogP) is 8.89. The Morgan fingerprint density at radius 2 is 1.47 bits per heavy atom. The molecule has 1 atom stereocenters. The summed E-state index contributed by atoms with van der Waals surface area (Å²) in [5.74, 6) is 0.368. The van der Waals surface area contributed by atoms with E-state index in [4.69, 9.17) is 9.15 Å². The molecule has 0 aromatic heterocycles. The van der Waals surface area contributed by atoms with Gasteiger partial charge in [-0.25, -0.2) is 4.79 Å². The highest BCUT2D eigenvalue weighted by Gasteiger charge is 2.29. The molecule has 0 N–H and O–H groups in total. The maximum Gasteiger partial charge on any atom is 0.337 e. The van der Waals surface area contributed by atoms with E-state index >= 15 is 0 Å². The lowest BCUT2D eigenvalue weighted by molar-refractivity contribution is -0.121. The topological polar surface area (TPSA) is 59.8 Å². The van der Waals surface area contributed by atoms with Crippen LogP contribution in [0, 0.1) is 5.92 Å². The van der Waals surface area contributed by atoms with Crippen molar-refractivity contribution in [3.63, 3.8) is 0 Å². The number of ether oxygens (including phenoxy) is 1. The lowest BCUT2D eigenvalue weighted by Gasteiger charge is -2.27. The first-order valence-electron chi connectivity index (χ1n) is 14.9. The number of carbonyl (C=O) groups is 2. The highest BCUT2D eigenvalue weighted by atomic mass is 16.5. The van der Waals surface area contributed by atoms with Crippen molar-refractivity contribution in [3.05, 3.63) is 138 Å². The number of hydrogen-bond donors (Lipinski definition) is 0. The zero-order chi connectivity index (χ0) is 29.6. The lowest BCUT2D eigenvalue weighted by atomic mass is 9.89. The van der Waals surface area contributed by atoms with Crippen LogP contribution in [0.3, 0.4) is 0 Å². The smallest absolute Gasteiger partial charge is 0.337 e. The Bertz CT molecular complexity index is 1680. The second-order valence-electron chi connectivity index (χ2n) is 11.1. The molecule has 5 nitrogen and oxygen atoms in total. The largest absolute Gasteiger partial charge is 0.465 e. The van der Waals surface area contributed by atoms with Crippen molar-refractivity contribution in [1.82, 2.24) is 0 Å². The summed E-state index contributed by atoms with van der Waals surface area (Å²) in [7, 11) is 1.37. The third kappa shape index (κ3) is 6.46. The zero-order valence-electron chi connectivity index (χ0n) is 24.4. The molecule has 6 rings (SSSR count). The minimum atomic E-state index is -0.394. The summed E-state index contributed by atoms with van der Waals surface area (Å²) in [5, 5.41) is 0. The molecule has 0 radical (unpaired) electrons. The van der Waals surface area contributed by atoms with Gasteiger partial charge in [-0.05, 0) is 97.2 Å². The Kier molecular flexibility index (Phi) is 8.50. The van der Waals surface area contributed by atoms with Crippen molar-refractivity contribution in [1.29, 1.82) is 0 Å². The van der Waals surface area contributed by atoms with Crippen molar-refractivity contribution in [2.75, 3.05) is 12.0 Å². The van der Waals surface area contributed by atoms with Gasteiger partial charge < -0.3 is 9.15 Å². The van der Waals surface area contributed by atoms with E-state index in [0.29, 0.717) is 24.3 Å². The van der Waals surface area contributed by atoms with Crippen LogP contribution in [0.25, 0.3) is 16.9 Å². The van der Waals surface area contributed by atoms with E-state index in [9.17, 15) is 9.59 Å². The number of amides is 1. The number of fused-ring (bicyclic) bond motifs is 1. The third-order valence-corrected chi connectivity index (χ3v) is 8.19. The molecule has 1 amide bonds. The van der Waals surface area contributed by atoms with Crippen molar-refractivity contribution >= 4 is 29.0 Å². The van der Waals surface area contributed by atoms with Gasteiger partial charge in [0, 0.05) is 17.5 Å². The van der Waals surface area contributed by atoms with E-state index in [1.807, 2.05) is 72.8 Å². The van der Waals surface area contributed by atoms with Crippen LogP contribution in [0.15, 0.2) is 120 Å². The Balaban J connectivity index is 1.35. The van der Waals surface area contributed by atoms with Gasteiger partial charge in [0.05, 0.1) is 18.4 Å². The van der Waals surface area contributed by atoms with Gasteiger partial charge in [-0.15, -0.1) is 0 Å². The van der Waals surface area contributed by atoms with E-state index in [1.54, 1.807) is 17.0 Å². The van der Waals surface area contributed by atoms with E-state index < -0.39 is 5.92 Å². The molecular formula is C38H35NO4. The van der Waals surface area contributed by atoms with Gasteiger partial charge in [0.1, 0.15) is 5.76 Å². The van der Waals surface area contributed by atoms with E-state index in [0.717, 1.165) is 41.0 Å². The minimum absolute atomic E-state index is 0.0584. The van der Waals surface area contributed by atoms with E-state index in [-0.39, 0.29) is 11.9 Å². The zero-order valence-corrected chi connectivity index (χ0v) is 24.4. The summed E-state index contributed by atoms with van der Waals surface area (Å²) in [6.07, 6.45) is 8.15. The van der Waals surface area contributed by atoms with Crippen LogP contribution in [0.2, 0.25) is 0 Å². The lowest BCUT2D eigenvalue weighted by Crippen LogP contribution is -2.35. The van der Waals surface area contributed by atoms with Crippen molar-refractivity contribution in [2.45, 2.75) is 38.5 Å². The highest BCUT2D eigenvalue weighted by molar-refractivity contribution is 6.01. The summed E-state index contributed by atoms with van der Waals surface area (Å²) < 4.78 is 11.1. The number of benzene rings is 3. The molecular weight excluding hydrogens is 534 g/mol. The summed E-state index contributed by atoms with van der Waals surface area (Å²) in [4.78, 5) is 28.4. The second-order valence-corrected chi connectivity index (χ2v) is 11.1. The monoisotopic (exact) mass is 569 g/mol. The number of carbonyl (C=O) groups excluding carboxylic acids is 2. The number of para-hydroxylation sites is 1. The van der Waals surface area contributed by atoms with Crippen molar-refractivity contribution < 1.29 is 18.7 Å². The van der Waals surface area contributed by atoms with Gasteiger partial charge >= 0.3 is 5.97 Å². The van der Waals surface area contributed by atoms with Crippen LogP contribution in [0.4, 0.5) is 11.6 Å². The molecule has 1 heterocycles. The van der Waals surface area contributed by atoms with E-state index in [1.165, 1.54) is 31.1 Å². The number of esters is 1. The molecule has 3 aliphatic rings. The van der Waals surface area contributed by atoms with Gasteiger partial charge in [0.15, 0.2) is 0 Å². The first kappa shape index (κ1) is 28.2. The van der Waals surface area contributed by atoms with Crippen molar-refractivity contribution in [2.24, 2.45) is 5.92 Å². The number of hydrogen-bond acceptors (Lipinski definition) is 4. The molecule has 3 aromatic rings. The average molecular weight is 570 g/mol. The van der Waals surface area contributed by atoms with Crippen LogP contribution in [0.1, 0.15) is 52.7 Å². The highest BCUT2D eigenvalue weighted by Crippen LogP contribution is 2.35. The number of allylic oxidation sites excluding steroid dienone is 2. The third-order valence-electron chi connectivity index (χ3n) is 8.19. The van der Waals surface area contributed by atoms with Gasteiger partial charge in [-0.3, -0.25) is 9.69 Å². The fourth-order valence-electron chi connectivity index (χ4n) is 5.86. The van der Waals surface area contributed by atoms with Gasteiger partial charge in [-0.2, -0.15) is 0 Å². The summed E-state index contributed by atoms with van der Waals surface area (Å²) in [6.45, 7) is 0. The summed E-state index contributed by atoms with van der Waals surface area (Å²) in [5.41, 5.74) is 6.95. The minimum Gasteiger partial charge on any atom is -0.465 e.